The Kier molecular flexibility index (Phi) is 4.49. The summed E-state index contributed by atoms with van der Waals surface area (Å²) in [5.41, 5.74) is 0.719. The van der Waals surface area contributed by atoms with Crippen LogP contribution < -0.4 is 5.32 Å². The van der Waals surface area contributed by atoms with Crippen LogP contribution in [-0.4, -0.2) is 61.0 Å². The number of nitrogens with one attached hydrogen (secondary N) is 1. The molecule has 0 unspecified atom stereocenters. The zero-order valence-corrected chi connectivity index (χ0v) is 14.0. The van der Waals surface area contributed by atoms with E-state index in [2.05, 4.69) is 32.8 Å². The normalized spacial score (nSPS) is 20.8. The Hall–Kier alpha value is -0.370. The largest absolute Gasteiger partial charge is 0.336 e. The predicted octanol–water partition coefficient (Wildman–Crippen LogP) is 1.67. The summed E-state index contributed by atoms with van der Waals surface area (Å²) in [6, 6.07) is 6.15. The van der Waals surface area contributed by atoms with Gasteiger partial charge in [-0.2, -0.15) is 0 Å². The van der Waals surface area contributed by atoms with Crippen LogP contribution in [-0.2, 0) is 0 Å². The molecule has 1 aromatic carbocycles. The first-order valence-corrected chi connectivity index (χ1v) is 8.30. The van der Waals surface area contributed by atoms with E-state index in [1.165, 1.54) is 0 Å². The number of carbonyl (C=O) groups excluding carboxylic acids is 1. The van der Waals surface area contributed by atoms with Gasteiger partial charge >= 0.3 is 0 Å². The molecule has 2 aliphatic heterocycles. The molecule has 0 saturated carbocycles. The highest BCUT2D eigenvalue weighted by atomic mass is 127. The summed E-state index contributed by atoms with van der Waals surface area (Å²) in [6.45, 7) is 5.71. The van der Waals surface area contributed by atoms with Crippen molar-refractivity contribution >= 4 is 40.1 Å². The van der Waals surface area contributed by atoms with E-state index in [1.807, 2.05) is 17.0 Å². The fourth-order valence-electron chi connectivity index (χ4n) is 2.65. The number of rotatable bonds is 2. The molecule has 0 aliphatic carbocycles. The predicted molar refractivity (Wildman–Crippen MR) is 88.3 cm³/mol. The number of nitrogens with zero attached hydrogens (tertiary/aromatic N) is 2. The smallest absolute Gasteiger partial charge is 0.255 e. The number of hydrogen-bond donors (Lipinski definition) is 1. The van der Waals surface area contributed by atoms with Gasteiger partial charge < -0.3 is 10.2 Å². The Bertz CT molecular complexity index is 513. The van der Waals surface area contributed by atoms with Crippen molar-refractivity contribution in [2.45, 2.75) is 6.04 Å². The van der Waals surface area contributed by atoms with Crippen molar-refractivity contribution < 1.29 is 4.79 Å². The second-order valence-electron chi connectivity index (χ2n) is 5.26. The van der Waals surface area contributed by atoms with E-state index >= 15 is 0 Å². The maximum atomic E-state index is 12.6. The third kappa shape index (κ3) is 2.95. The van der Waals surface area contributed by atoms with Crippen LogP contribution in [0.3, 0.4) is 0 Å². The molecule has 0 spiro atoms. The lowest BCUT2D eigenvalue weighted by molar-refractivity contribution is 0.0501. The Morgan fingerprint density at radius 1 is 1.25 bits per heavy atom. The maximum Gasteiger partial charge on any atom is 0.255 e. The van der Waals surface area contributed by atoms with Crippen molar-refractivity contribution in [2.24, 2.45) is 0 Å². The van der Waals surface area contributed by atoms with Crippen LogP contribution in [0.1, 0.15) is 10.4 Å². The molecule has 4 nitrogen and oxygen atoms in total. The highest BCUT2D eigenvalue weighted by Gasteiger charge is 2.29. The van der Waals surface area contributed by atoms with Gasteiger partial charge in [-0.1, -0.05) is 11.6 Å². The van der Waals surface area contributed by atoms with Gasteiger partial charge in [0.15, 0.2) is 0 Å². The van der Waals surface area contributed by atoms with Gasteiger partial charge in [-0.15, -0.1) is 0 Å². The minimum Gasteiger partial charge on any atom is -0.336 e. The van der Waals surface area contributed by atoms with Gasteiger partial charge in [0.1, 0.15) is 0 Å². The Morgan fingerprint density at radius 2 is 1.95 bits per heavy atom. The molecule has 6 heteroatoms. The van der Waals surface area contributed by atoms with Crippen molar-refractivity contribution in [3.8, 4) is 0 Å². The van der Waals surface area contributed by atoms with Crippen molar-refractivity contribution in [3.63, 3.8) is 0 Å². The molecule has 0 radical (unpaired) electrons. The number of halogens is 2. The molecule has 2 aliphatic rings. The maximum absolute atomic E-state index is 12.6. The summed E-state index contributed by atoms with van der Waals surface area (Å²) in [4.78, 5) is 17.0. The third-order valence-corrected chi connectivity index (χ3v) is 5.21. The number of benzene rings is 1. The molecule has 0 bridgehead atoms. The van der Waals surface area contributed by atoms with E-state index < -0.39 is 0 Å². The lowest BCUT2D eigenvalue weighted by atomic mass is 10.1. The summed E-state index contributed by atoms with van der Waals surface area (Å²) in [5, 5.41) is 3.91. The van der Waals surface area contributed by atoms with E-state index in [-0.39, 0.29) is 5.91 Å². The minimum atomic E-state index is 0.100. The molecular formula is C14H17ClIN3O. The zero-order valence-electron chi connectivity index (χ0n) is 11.1. The second-order valence-corrected chi connectivity index (χ2v) is 6.86. The van der Waals surface area contributed by atoms with Crippen LogP contribution in [0.5, 0.6) is 0 Å². The summed E-state index contributed by atoms with van der Waals surface area (Å²) in [5.74, 6) is 0.100. The van der Waals surface area contributed by atoms with Gasteiger partial charge in [-0.05, 0) is 40.8 Å². The van der Waals surface area contributed by atoms with Gasteiger partial charge in [0.25, 0.3) is 5.91 Å². The molecule has 0 atom stereocenters. The lowest BCUT2D eigenvalue weighted by Gasteiger charge is -2.43. The fourth-order valence-corrected chi connectivity index (χ4v) is 3.39. The molecule has 3 rings (SSSR count). The van der Waals surface area contributed by atoms with Crippen LogP contribution in [0.4, 0.5) is 0 Å². The second kappa shape index (κ2) is 6.17. The first kappa shape index (κ1) is 14.6. The summed E-state index contributed by atoms with van der Waals surface area (Å²) < 4.78 is 0.961. The van der Waals surface area contributed by atoms with Gasteiger partial charge in [0, 0.05) is 53.9 Å². The highest BCUT2D eigenvalue weighted by Crippen LogP contribution is 2.20. The van der Waals surface area contributed by atoms with Crippen LogP contribution in [0, 0.1) is 3.57 Å². The van der Waals surface area contributed by atoms with Gasteiger partial charge in [-0.25, -0.2) is 0 Å². The average molecular weight is 406 g/mol. The molecule has 108 valence electrons. The third-order valence-electron chi connectivity index (χ3n) is 4.04. The van der Waals surface area contributed by atoms with Crippen LogP contribution in [0.25, 0.3) is 0 Å². The van der Waals surface area contributed by atoms with Gasteiger partial charge in [0.05, 0.1) is 5.56 Å². The van der Waals surface area contributed by atoms with E-state index in [0.717, 1.165) is 48.4 Å². The summed E-state index contributed by atoms with van der Waals surface area (Å²) in [7, 11) is 0. The van der Waals surface area contributed by atoms with Crippen LogP contribution >= 0.6 is 34.2 Å². The zero-order chi connectivity index (χ0) is 14.1. The molecule has 0 aromatic heterocycles. The molecule has 20 heavy (non-hydrogen) atoms. The van der Waals surface area contributed by atoms with Crippen molar-refractivity contribution in [1.29, 1.82) is 0 Å². The standard InChI is InChI=1S/C14H17ClIN3O/c15-10-1-2-13(16)12(7-10)14(20)19-5-3-18(4-6-19)11-8-17-9-11/h1-2,7,11,17H,3-6,8-9H2. The first-order chi connectivity index (χ1) is 9.65. The molecule has 1 N–H and O–H groups in total. The summed E-state index contributed by atoms with van der Waals surface area (Å²) >= 11 is 8.20. The van der Waals surface area contributed by atoms with Crippen molar-refractivity contribution in [2.75, 3.05) is 39.3 Å². The topological polar surface area (TPSA) is 35.6 Å². The minimum absolute atomic E-state index is 0.100. The van der Waals surface area contributed by atoms with Crippen LogP contribution in [0.15, 0.2) is 18.2 Å². The summed E-state index contributed by atoms with van der Waals surface area (Å²) in [6.07, 6.45) is 0. The number of hydrogen-bond acceptors (Lipinski definition) is 3. The lowest BCUT2D eigenvalue weighted by Crippen LogP contribution is -2.62. The van der Waals surface area contributed by atoms with Gasteiger partial charge in [0.2, 0.25) is 0 Å². The van der Waals surface area contributed by atoms with Crippen molar-refractivity contribution in [1.82, 2.24) is 15.1 Å². The van der Waals surface area contributed by atoms with E-state index in [0.29, 0.717) is 11.1 Å². The first-order valence-electron chi connectivity index (χ1n) is 6.84. The Morgan fingerprint density at radius 3 is 2.55 bits per heavy atom. The van der Waals surface area contributed by atoms with Crippen LogP contribution in [0.2, 0.25) is 5.02 Å². The number of amides is 1. The van der Waals surface area contributed by atoms with E-state index in [1.54, 1.807) is 6.07 Å². The SMILES string of the molecule is O=C(c1cc(Cl)ccc1I)N1CCN(C2CNC2)CC1. The molecular weight excluding hydrogens is 389 g/mol. The molecule has 1 amide bonds. The fraction of sp³-hybridized carbons (Fsp3) is 0.500. The number of carbonyl (C=O) groups is 1. The Labute approximate surface area is 137 Å². The molecule has 2 fully saturated rings. The van der Waals surface area contributed by atoms with Gasteiger partial charge in [-0.3, -0.25) is 9.69 Å². The Balaban J connectivity index is 1.65. The quantitative estimate of drug-likeness (QED) is 0.761. The van der Waals surface area contributed by atoms with Crippen molar-refractivity contribution in [3.05, 3.63) is 32.4 Å². The molecule has 2 heterocycles. The number of piperazine rings is 1. The monoisotopic (exact) mass is 405 g/mol. The van der Waals surface area contributed by atoms with E-state index in [9.17, 15) is 4.79 Å². The highest BCUT2D eigenvalue weighted by molar-refractivity contribution is 14.1. The average Bonchev–Trinajstić information content (AvgIpc) is 2.40. The van der Waals surface area contributed by atoms with E-state index in [4.69, 9.17) is 11.6 Å². The molecule has 2 saturated heterocycles. The molecule has 1 aromatic rings.